The van der Waals surface area contributed by atoms with Crippen LogP contribution in [0.3, 0.4) is 0 Å². The van der Waals surface area contributed by atoms with Gasteiger partial charge in [-0.1, -0.05) is 33.8 Å². The van der Waals surface area contributed by atoms with Crippen molar-refractivity contribution in [3.63, 3.8) is 0 Å². The van der Waals surface area contributed by atoms with Gasteiger partial charge in [-0.05, 0) is 47.5 Å². The smallest absolute Gasteiger partial charge is 0.123 e. The summed E-state index contributed by atoms with van der Waals surface area (Å²) in [5.41, 5.74) is 7.40. The summed E-state index contributed by atoms with van der Waals surface area (Å²) in [5.74, 6) is -0.208. The van der Waals surface area contributed by atoms with Gasteiger partial charge in [0.2, 0.25) is 0 Å². The second-order valence-electron chi connectivity index (χ2n) is 3.20. The second kappa shape index (κ2) is 7.66. The minimum Gasteiger partial charge on any atom is -0.399 e. The van der Waals surface area contributed by atoms with E-state index in [1.54, 1.807) is 6.07 Å². The van der Waals surface area contributed by atoms with Crippen LogP contribution in [0.1, 0.15) is 33.3 Å². The Morgan fingerprint density at radius 3 is 2.12 bits per heavy atom. The van der Waals surface area contributed by atoms with Crippen molar-refractivity contribution in [3.8, 4) is 0 Å². The minimum atomic E-state index is -0.208. The first-order valence-electron chi connectivity index (χ1n) is 6.12. The van der Waals surface area contributed by atoms with Gasteiger partial charge in [0, 0.05) is 5.69 Å². The van der Waals surface area contributed by atoms with Gasteiger partial charge in [-0.2, -0.15) is 0 Å². The molecule has 0 heterocycles. The molecule has 0 bridgehead atoms. The molecule has 0 aliphatic rings. The third-order valence-electron chi connectivity index (χ3n) is 2.15. The molecule has 2 rings (SSSR count). The molecule has 0 aliphatic carbocycles. The van der Waals surface area contributed by atoms with E-state index in [0.29, 0.717) is 0 Å². The van der Waals surface area contributed by atoms with E-state index in [1.165, 1.54) is 12.1 Å². The summed E-state index contributed by atoms with van der Waals surface area (Å²) in [6.07, 6.45) is 0. The summed E-state index contributed by atoms with van der Waals surface area (Å²) >= 11 is 0. The Morgan fingerprint density at radius 1 is 0.941 bits per heavy atom. The summed E-state index contributed by atoms with van der Waals surface area (Å²) in [6.45, 7) is 9.93. The molecule has 17 heavy (non-hydrogen) atoms. The number of halogens is 1. The van der Waals surface area contributed by atoms with Crippen molar-refractivity contribution in [2.24, 2.45) is 0 Å². The van der Waals surface area contributed by atoms with Crippen LogP contribution in [0.4, 0.5) is 10.1 Å². The average molecular weight is 235 g/mol. The number of rotatable bonds is 0. The third kappa shape index (κ3) is 4.06. The Kier molecular flexibility index (Phi) is 6.95. The van der Waals surface area contributed by atoms with Crippen molar-refractivity contribution < 1.29 is 4.39 Å². The summed E-state index contributed by atoms with van der Waals surface area (Å²) in [4.78, 5) is 0. The lowest BCUT2D eigenvalue weighted by atomic mass is 10.0. The Bertz CT molecular complexity index is 464. The average Bonchev–Trinajstić information content (AvgIpc) is 2.35. The largest absolute Gasteiger partial charge is 0.399 e. The maximum atomic E-state index is 12.9. The SMILES string of the molecule is CC.CC.Cc1cc(N)cc2ccc(F)cc12. The molecule has 2 N–H and O–H groups in total. The summed E-state index contributed by atoms with van der Waals surface area (Å²) in [6, 6.07) is 8.42. The van der Waals surface area contributed by atoms with Crippen molar-refractivity contribution in [1.82, 2.24) is 0 Å². The Morgan fingerprint density at radius 2 is 1.53 bits per heavy atom. The van der Waals surface area contributed by atoms with Gasteiger partial charge < -0.3 is 5.73 Å². The van der Waals surface area contributed by atoms with Gasteiger partial charge >= 0.3 is 0 Å². The molecule has 0 atom stereocenters. The molecule has 0 aromatic heterocycles. The number of aryl methyl sites for hydroxylation is 1. The normalized spacial score (nSPS) is 8.82. The Hall–Kier alpha value is -1.57. The van der Waals surface area contributed by atoms with Crippen molar-refractivity contribution >= 4 is 16.5 Å². The lowest BCUT2D eigenvalue weighted by Gasteiger charge is -2.03. The lowest BCUT2D eigenvalue weighted by Crippen LogP contribution is -1.87. The van der Waals surface area contributed by atoms with Crippen molar-refractivity contribution in [3.05, 3.63) is 41.7 Å². The molecule has 2 aromatic rings. The van der Waals surface area contributed by atoms with E-state index >= 15 is 0 Å². The van der Waals surface area contributed by atoms with E-state index in [1.807, 2.05) is 46.8 Å². The van der Waals surface area contributed by atoms with Crippen molar-refractivity contribution in [2.45, 2.75) is 34.6 Å². The predicted molar refractivity (Wildman–Crippen MR) is 75.8 cm³/mol. The van der Waals surface area contributed by atoms with Crippen LogP contribution in [-0.4, -0.2) is 0 Å². The Balaban J connectivity index is 0.000000581. The minimum absolute atomic E-state index is 0.208. The molecule has 0 saturated heterocycles. The highest BCUT2D eigenvalue weighted by Gasteiger charge is 1.99. The molecule has 94 valence electrons. The number of nitrogen functional groups attached to an aromatic ring is 1. The zero-order valence-electron chi connectivity index (χ0n) is 11.3. The molecule has 0 spiro atoms. The maximum absolute atomic E-state index is 12.9. The summed E-state index contributed by atoms with van der Waals surface area (Å²) < 4.78 is 12.9. The molecular weight excluding hydrogens is 213 g/mol. The van der Waals surface area contributed by atoms with Crippen LogP contribution in [0, 0.1) is 12.7 Å². The number of fused-ring (bicyclic) bond motifs is 1. The second-order valence-corrected chi connectivity index (χ2v) is 3.20. The summed E-state index contributed by atoms with van der Waals surface area (Å²) in [5, 5.41) is 1.91. The van der Waals surface area contributed by atoms with Crippen LogP contribution in [0.5, 0.6) is 0 Å². The zero-order valence-corrected chi connectivity index (χ0v) is 11.3. The molecule has 2 heteroatoms. The number of nitrogens with two attached hydrogens (primary N) is 1. The Labute approximate surface area is 103 Å². The van der Waals surface area contributed by atoms with Crippen LogP contribution < -0.4 is 5.73 Å². The highest BCUT2D eigenvalue weighted by Crippen LogP contribution is 2.22. The lowest BCUT2D eigenvalue weighted by molar-refractivity contribution is 0.629. The molecule has 2 aromatic carbocycles. The van der Waals surface area contributed by atoms with E-state index in [-0.39, 0.29) is 5.82 Å². The van der Waals surface area contributed by atoms with Gasteiger partial charge in [-0.3, -0.25) is 0 Å². The van der Waals surface area contributed by atoms with E-state index in [2.05, 4.69) is 0 Å². The quantitative estimate of drug-likeness (QED) is 0.644. The number of hydrogen-bond donors (Lipinski definition) is 1. The number of benzene rings is 2. The van der Waals surface area contributed by atoms with E-state index in [4.69, 9.17) is 5.73 Å². The third-order valence-corrected chi connectivity index (χ3v) is 2.15. The number of anilines is 1. The fourth-order valence-corrected chi connectivity index (χ4v) is 1.54. The molecule has 0 amide bonds. The van der Waals surface area contributed by atoms with E-state index in [0.717, 1.165) is 22.0 Å². The first-order valence-corrected chi connectivity index (χ1v) is 6.12. The predicted octanol–water partition coefficient (Wildman–Crippen LogP) is 4.92. The highest BCUT2D eigenvalue weighted by molar-refractivity contribution is 5.88. The van der Waals surface area contributed by atoms with Crippen molar-refractivity contribution in [2.75, 3.05) is 5.73 Å². The first-order chi connectivity index (χ1) is 8.16. The van der Waals surface area contributed by atoms with Gasteiger partial charge in [0.15, 0.2) is 0 Å². The van der Waals surface area contributed by atoms with Crippen LogP contribution in [-0.2, 0) is 0 Å². The van der Waals surface area contributed by atoms with Gasteiger partial charge in [0.25, 0.3) is 0 Å². The number of hydrogen-bond acceptors (Lipinski definition) is 1. The van der Waals surface area contributed by atoms with E-state index in [9.17, 15) is 4.39 Å². The molecule has 0 fully saturated rings. The van der Waals surface area contributed by atoms with Gasteiger partial charge in [0.1, 0.15) is 5.82 Å². The van der Waals surface area contributed by atoms with Crippen LogP contribution >= 0.6 is 0 Å². The summed E-state index contributed by atoms with van der Waals surface area (Å²) in [7, 11) is 0. The fraction of sp³-hybridized carbons (Fsp3) is 0.333. The molecular formula is C15H22FN. The van der Waals surface area contributed by atoms with Gasteiger partial charge in [0.05, 0.1) is 0 Å². The van der Waals surface area contributed by atoms with Crippen LogP contribution in [0.2, 0.25) is 0 Å². The molecule has 0 radical (unpaired) electrons. The molecule has 0 unspecified atom stereocenters. The maximum Gasteiger partial charge on any atom is 0.123 e. The highest BCUT2D eigenvalue weighted by atomic mass is 19.1. The monoisotopic (exact) mass is 235 g/mol. The van der Waals surface area contributed by atoms with Crippen molar-refractivity contribution in [1.29, 1.82) is 0 Å². The standard InChI is InChI=1S/C11H10FN.2C2H6/c1-7-4-10(13)5-8-2-3-9(12)6-11(7)8;2*1-2/h2-6H,13H2,1H3;2*1-2H3. The molecule has 0 saturated carbocycles. The zero-order chi connectivity index (χ0) is 13.4. The topological polar surface area (TPSA) is 26.0 Å². The van der Waals surface area contributed by atoms with Gasteiger partial charge in [-0.15, -0.1) is 0 Å². The van der Waals surface area contributed by atoms with E-state index < -0.39 is 0 Å². The first kappa shape index (κ1) is 15.4. The van der Waals surface area contributed by atoms with Gasteiger partial charge in [-0.25, -0.2) is 4.39 Å². The van der Waals surface area contributed by atoms with Crippen LogP contribution in [0.25, 0.3) is 10.8 Å². The molecule has 0 aliphatic heterocycles. The fourth-order valence-electron chi connectivity index (χ4n) is 1.54. The van der Waals surface area contributed by atoms with Crippen LogP contribution in [0.15, 0.2) is 30.3 Å². The molecule has 1 nitrogen and oxygen atoms in total.